The summed E-state index contributed by atoms with van der Waals surface area (Å²) in [6.07, 6.45) is 2.24. The number of aliphatic hydroxyl groups is 1. The normalized spacial score (nSPS) is 19.7. The second kappa shape index (κ2) is 8.01. The van der Waals surface area contributed by atoms with E-state index in [-0.39, 0.29) is 0 Å². The molecule has 0 aliphatic heterocycles. The van der Waals surface area contributed by atoms with Crippen molar-refractivity contribution in [1.29, 1.82) is 0 Å². The van der Waals surface area contributed by atoms with Crippen molar-refractivity contribution in [2.24, 2.45) is 5.92 Å². The van der Waals surface area contributed by atoms with E-state index in [4.69, 9.17) is 9.47 Å². The quantitative estimate of drug-likeness (QED) is 0.546. The topological polar surface area (TPSA) is 50.7 Å². The Hall–Kier alpha value is -0.160. The molecular weight excluding hydrogens is 206 g/mol. The molecule has 0 saturated heterocycles. The highest BCUT2D eigenvalue weighted by atomic mass is 16.5. The van der Waals surface area contributed by atoms with Crippen LogP contribution in [0.2, 0.25) is 0 Å². The molecule has 96 valence electrons. The Morgan fingerprint density at radius 2 is 2.00 bits per heavy atom. The van der Waals surface area contributed by atoms with Crippen LogP contribution < -0.4 is 5.32 Å². The molecule has 0 aromatic carbocycles. The van der Waals surface area contributed by atoms with E-state index in [1.165, 1.54) is 12.8 Å². The highest BCUT2D eigenvalue weighted by Gasteiger charge is 2.27. The average Bonchev–Trinajstić information content (AvgIpc) is 3.09. The van der Waals surface area contributed by atoms with Crippen LogP contribution >= 0.6 is 0 Å². The summed E-state index contributed by atoms with van der Waals surface area (Å²) in [7, 11) is 0. The fourth-order valence-electron chi connectivity index (χ4n) is 1.63. The summed E-state index contributed by atoms with van der Waals surface area (Å²) in [5.74, 6) is 0.825. The lowest BCUT2D eigenvalue weighted by molar-refractivity contribution is 0.00570. The van der Waals surface area contributed by atoms with Gasteiger partial charge in [0.15, 0.2) is 0 Å². The van der Waals surface area contributed by atoms with E-state index in [1.807, 2.05) is 6.92 Å². The second-order valence-electron chi connectivity index (χ2n) is 4.46. The van der Waals surface area contributed by atoms with Crippen molar-refractivity contribution in [1.82, 2.24) is 5.32 Å². The Morgan fingerprint density at radius 1 is 1.31 bits per heavy atom. The second-order valence-corrected chi connectivity index (χ2v) is 4.46. The van der Waals surface area contributed by atoms with Crippen LogP contribution in [0, 0.1) is 5.92 Å². The summed E-state index contributed by atoms with van der Waals surface area (Å²) in [6, 6.07) is 0.526. The van der Waals surface area contributed by atoms with Gasteiger partial charge in [0.1, 0.15) is 0 Å². The summed E-state index contributed by atoms with van der Waals surface area (Å²) >= 11 is 0. The Kier molecular flexibility index (Phi) is 6.96. The molecule has 1 rings (SSSR count). The van der Waals surface area contributed by atoms with Gasteiger partial charge in [-0.3, -0.25) is 0 Å². The minimum absolute atomic E-state index is 0.386. The van der Waals surface area contributed by atoms with Crippen molar-refractivity contribution >= 4 is 0 Å². The number of hydrogen-bond donors (Lipinski definition) is 2. The summed E-state index contributed by atoms with van der Waals surface area (Å²) in [5.41, 5.74) is 0. The molecule has 1 aliphatic rings. The van der Waals surface area contributed by atoms with E-state index >= 15 is 0 Å². The maximum atomic E-state index is 9.63. The Bertz CT molecular complexity index is 174. The zero-order valence-corrected chi connectivity index (χ0v) is 10.4. The third-order valence-electron chi connectivity index (χ3n) is 2.89. The molecule has 2 unspecified atom stereocenters. The molecule has 0 amide bonds. The highest BCUT2D eigenvalue weighted by Crippen LogP contribution is 2.32. The van der Waals surface area contributed by atoms with Crippen LogP contribution in [0.1, 0.15) is 26.7 Å². The smallest absolute Gasteiger partial charge is 0.0897 e. The van der Waals surface area contributed by atoms with E-state index in [0.717, 1.165) is 5.92 Å². The van der Waals surface area contributed by atoms with Gasteiger partial charge in [0, 0.05) is 19.2 Å². The first kappa shape index (κ1) is 13.9. The zero-order valence-electron chi connectivity index (χ0n) is 10.4. The van der Waals surface area contributed by atoms with E-state index in [2.05, 4.69) is 12.2 Å². The third-order valence-corrected chi connectivity index (χ3v) is 2.89. The standard InChI is InChI=1S/C12H25NO3/c1-3-15-6-7-16-9-12(14)8-13-10(2)11-4-5-11/h10-14H,3-9H2,1-2H3. The molecular formula is C12H25NO3. The van der Waals surface area contributed by atoms with Crippen LogP contribution in [0.3, 0.4) is 0 Å². The van der Waals surface area contributed by atoms with Gasteiger partial charge in [-0.05, 0) is 32.6 Å². The largest absolute Gasteiger partial charge is 0.389 e. The molecule has 0 aromatic rings. The van der Waals surface area contributed by atoms with Gasteiger partial charge in [-0.1, -0.05) is 0 Å². The fraction of sp³-hybridized carbons (Fsp3) is 1.00. The SMILES string of the molecule is CCOCCOCC(O)CNC(C)C1CC1. The molecule has 0 aromatic heterocycles. The van der Waals surface area contributed by atoms with E-state index in [1.54, 1.807) is 0 Å². The Morgan fingerprint density at radius 3 is 2.62 bits per heavy atom. The summed E-state index contributed by atoms with van der Waals surface area (Å²) in [4.78, 5) is 0. The molecule has 0 spiro atoms. The molecule has 1 saturated carbocycles. The number of hydrogen-bond acceptors (Lipinski definition) is 4. The predicted octanol–water partition coefficient (Wildman–Crippen LogP) is 0.788. The first-order chi connectivity index (χ1) is 7.74. The van der Waals surface area contributed by atoms with Crippen molar-refractivity contribution in [2.45, 2.75) is 38.8 Å². The van der Waals surface area contributed by atoms with Crippen molar-refractivity contribution < 1.29 is 14.6 Å². The minimum Gasteiger partial charge on any atom is -0.389 e. The van der Waals surface area contributed by atoms with Gasteiger partial charge in [0.2, 0.25) is 0 Å². The van der Waals surface area contributed by atoms with Crippen LogP contribution in [-0.4, -0.2) is 50.2 Å². The van der Waals surface area contributed by atoms with Crippen LogP contribution in [0.5, 0.6) is 0 Å². The fourth-order valence-corrected chi connectivity index (χ4v) is 1.63. The maximum absolute atomic E-state index is 9.63. The van der Waals surface area contributed by atoms with Crippen LogP contribution in [-0.2, 0) is 9.47 Å². The molecule has 1 aliphatic carbocycles. The first-order valence-electron chi connectivity index (χ1n) is 6.31. The summed E-state index contributed by atoms with van der Waals surface area (Å²) < 4.78 is 10.4. The molecule has 0 heterocycles. The van der Waals surface area contributed by atoms with E-state index in [9.17, 15) is 5.11 Å². The van der Waals surface area contributed by atoms with Gasteiger partial charge < -0.3 is 19.9 Å². The van der Waals surface area contributed by atoms with Gasteiger partial charge in [0.25, 0.3) is 0 Å². The molecule has 0 radical (unpaired) electrons. The number of ether oxygens (including phenoxy) is 2. The predicted molar refractivity (Wildman–Crippen MR) is 63.5 cm³/mol. The van der Waals surface area contributed by atoms with Crippen LogP contribution in [0.15, 0.2) is 0 Å². The molecule has 4 heteroatoms. The summed E-state index contributed by atoms with van der Waals surface area (Å²) in [5, 5.41) is 13.0. The van der Waals surface area contributed by atoms with Crippen LogP contribution in [0.4, 0.5) is 0 Å². The van der Waals surface area contributed by atoms with Crippen molar-refractivity contribution in [3.05, 3.63) is 0 Å². The highest BCUT2D eigenvalue weighted by molar-refractivity contribution is 4.83. The zero-order chi connectivity index (χ0) is 11.8. The van der Waals surface area contributed by atoms with E-state index < -0.39 is 6.10 Å². The van der Waals surface area contributed by atoms with Crippen molar-refractivity contribution in [3.8, 4) is 0 Å². The van der Waals surface area contributed by atoms with Gasteiger partial charge in [0.05, 0.1) is 25.9 Å². The number of aliphatic hydroxyl groups excluding tert-OH is 1. The lowest BCUT2D eigenvalue weighted by Crippen LogP contribution is -2.37. The van der Waals surface area contributed by atoms with Gasteiger partial charge >= 0.3 is 0 Å². The lowest BCUT2D eigenvalue weighted by Gasteiger charge is -2.16. The van der Waals surface area contributed by atoms with Gasteiger partial charge in [-0.15, -0.1) is 0 Å². The molecule has 2 atom stereocenters. The third kappa shape index (κ3) is 6.43. The van der Waals surface area contributed by atoms with E-state index in [0.29, 0.717) is 39.0 Å². The first-order valence-corrected chi connectivity index (χ1v) is 6.31. The average molecular weight is 231 g/mol. The number of nitrogens with one attached hydrogen (secondary N) is 1. The van der Waals surface area contributed by atoms with Crippen molar-refractivity contribution in [3.63, 3.8) is 0 Å². The molecule has 16 heavy (non-hydrogen) atoms. The Labute approximate surface area is 98.3 Å². The van der Waals surface area contributed by atoms with Gasteiger partial charge in [-0.25, -0.2) is 0 Å². The monoisotopic (exact) mass is 231 g/mol. The Balaban J connectivity index is 1.87. The maximum Gasteiger partial charge on any atom is 0.0897 e. The van der Waals surface area contributed by atoms with Gasteiger partial charge in [-0.2, -0.15) is 0 Å². The molecule has 1 fully saturated rings. The van der Waals surface area contributed by atoms with Crippen LogP contribution in [0.25, 0.3) is 0 Å². The molecule has 4 nitrogen and oxygen atoms in total. The summed E-state index contributed by atoms with van der Waals surface area (Å²) in [6.45, 7) is 7.02. The number of rotatable bonds is 10. The lowest BCUT2D eigenvalue weighted by atomic mass is 10.2. The molecule has 0 bridgehead atoms. The van der Waals surface area contributed by atoms with Crippen molar-refractivity contribution in [2.75, 3.05) is 33.0 Å². The molecule has 2 N–H and O–H groups in total. The minimum atomic E-state index is -0.414.